The Kier molecular flexibility index (Phi) is 3.93. The standard InChI is InChI=1S/C12H20N4O2S/c1-3-5-14-10-7-13-8-11(15-10)16-12(2)4-6-19(17,18)9-12/h7-8H,3-6,9H2,1-2H3,(H2,14,15,16). The third-order valence-corrected chi connectivity index (χ3v) is 5.03. The average molecular weight is 284 g/mol. The van der Waals surface area contributed by atoms with E-state index in [0.29, 0.717) is 18.1 Å². The zero-order valence-corrected chi connectivity index (χ0v) is 12.1. The Labute approximate surface area is 114 Å². The molecule has 7 heteroatoms. The summed E-state index contributed by atoms with van der Waals surface area (Å²) in [6.45, 7) is 4.82. The summed E-state index contributed by atoms with van der Waals surface area (Å²) < 4.78 is 23.1. The van der Waals surface area contributed by atoms with E-state index in [0.717, 1.165) is 13.0 Å². The number of hydrogen-bond acceptors (Lipinski definition) is 6. The van der Waals surface area contributed by atoms with Crippen molar-refractivity contribution in [1.29, 1.82) is 0 Å². The first-order valence-electron chi connectivity index (χ1n) is 6.47. The Balaban J connectivity index is 2.07. The van der Waals surface area contributed by atoms with E-state index >= 15 is 0 Å². The van der Waals surface area contributed by atoms with Crippen LogP contribution in [-0.4, -0.2) is 42.0 Å². The van der Waals surface area contributed by atoms with Gasteiger partial charge in [0.05, 0.1) is 29.4 Å². The Bertz CT molecular complexity index is 546. The highest BCUT2D eigenvalue weighted by Gasteiger charge is 2.38. The lowest BCUT2D eigenvalue weighted by Crippen LogP contribution is -2.36. The van der Waals surface area contributed by atoms with Gasteiger partial charge in [-0.2, -0.15) is 0 Å². The van der Waals surface area contributed by atoms with Crippen LogP contribution in [0.5, 0.6) is 0 Å². The van der Waals surface area contributed by atoms with Gasteiger partial charge in [0.25, 0.3) is 0 Å². The lowest BCUT2D eigenvalue weighted by atomic mass is 10.0. The second-order valence-corrected chi connectivity index (χ2v) is 7.43. The van der Waals surface area contributed by atoms with Crippen LogP contribution in [0.25, 0.3) is 0 Å². The topological polar surface area (TPSA) is 84.0 Å². The fraction of sp³-hybridized carbons (Fsp3) is 0.667. The number of anilines is 2. The molecule has 1 fully saturated rings. The molecule has 106 valence electrons. The molecule has 6 nitrogen and oxygen atoms in total. The first-order chi connectivity index (χ1) is 8.92. The van der Waals surface area contributed by atoms with Gasteiger partial charge in [-0.15, -0.1) is 0 Å². The monoisotopic (exact) mass is 284 g/mol. The molecule has 1 aliphatic rings. The number of nitrogens with zero attached hydrogens (tertiary/aromatic N) is 2. The molecule has 0 spiro atoms. The SMILES string of the molecule is CCCNc1cncc(NC2(C)CCS(=O)(=O)C2)n1. The Morgan fingerprint density at radius 2 is 2.11 bits per heavy atom. The molecule has 0 radical (unpaired) electrons. The molecule has 1 aromatic heterocycles. The summed E-state index contributed by atoms with van der Waals surface area (Å²) in [7, 11) is -2.92. The van der Waals surface area contributed by atoms with E-state index in [1.54, 1.807) is 12.4 Å². The van der Waals surface area contributed by atoms with Crippen LogP contribution in [0.3, 0.4) is 0 Å². The summed E-state index contributed by atoms with van der Waals surface area (Å²) in [4.78, 5) is 8.50. The van der Waals surface area contributed by atoms with E-state index in [4.69, 9.17) is 0 Å². The second kappa shape index (κ2) is 5.32. The van der Waals surface area contributed by atoms with Gasteiger partial charge in [0.1, 0.15) is 11.6 Å². The van der Waals surface area contributed by atoms with Crippen molar-refractivity contribution in [3.8, 4) is 0 Å². The van der Waals surface area contributed by atoms with Crippen LogP contribution in [0, 0.1) is 0 Å². The molecule has 2 heterocycles. The van der Waals surface area contributed by atoms with E-state index < -0.39 is 15.4 Å². The van der Waals surface area contributed by atoms with Gasteiger partial charge in [-0.05, 0) is 19.8 Å². The second-order valence-electron chi connectivity index (χ2n) is 5.24. The fourth-order valence-electron chi connectivity index (χ4n) is 2.18. The maximum atomic E-state index is 11.6. The van der Waals surface area contributed by atoms with Crippen molar-refractivity contribution in [1.82, 2.24) is 9.97 Å². The number of hydrogen-bond donors (Lipinski definition) is 2. The van der Waals surface area contributed by atoms with Crippen molar-refractivity contribution in [3.05, 3.63) is 12.4 Å². The lowest BCUT2D eigenvalue weighted by Gasteiger charge is -2.24. The Morgan fingerprint density at radius 3 is 2.74 bits per heavy atom. The van der Waals surface area contributed by atoms with Crippen molar-refractivity contribution < 1.29 is 8.42 Å². The zero-order valence-electron chi connectivity index (χ0n) is 11.3. The van der Waals surface area contributed by atoms with Crippen molar-refractivity contribution in [3.63, 3.8) is 0 Å². The minimum Gasteiger partial charge on any atom is -0.369 e. The van der Waals surface area contributed by atoms with Gasteiger partial charge in [0.15, 0.2) is 9.84 Å². The minimum absolute atomic E-state index is 0.147. The third kappa shape index (κ3) is 3.79. The molecule has 0 aliphatic carbocycles. The lowest BCUT2D eigenvalue weighted by molar-refractivity contribution is 0.571. The third-order valence-electron chi connectivity index (χ3n) is 3.12. The van der Waals surface area contributed by atoms with Gasteiger partial charge < -0.3 is 10.6 Å². The minimum atomic E-state index is -2.92. The molecule has 1 atom stereocenters. The van der Waals surface area contributed by atoms with Crippen molar-refractivity contribution >= 4 is 21.5 Å². The highest BCUT2D eigenvalue weighted by molar-refractivity contribution is 7.91. The molecular formula is C12H20N4O2S. The summed E-state index contributed by atoms with van der Waals surface area (Å²) in [5.74, 6) is 1.70. The highest BCUT2D eigenvalue weighted by atomic mass is 32.2. The van der Waals surface area contributed by atoms with Crippen LogP contribution in [-0.2, 0) is 9.84 Å². The number of sulfone groups is 1. The quantitative estimate of drug-likeness (QED) is 0.847. The molecule has 1 saturated heterocycles. The molecule has 1 aromatic rings. The van der Waals surface area contributed by atoms with Gasteiger partial charge in [0.2, 0.25) is 0 Å². The van der Waals surface area contributed by atoms with Gasteiger partial charge >= 0.3 is 0 Å². The van der Waals surface area contributed by atoms with Crippen LogP contribution in [0.4, 0.5) is 11.6 Å². The summed E-state index contributed by atoms with van der Waals surface area (Å²) in [5, 5.41) is 6.35. The van der Waals surface area contributed by atoms with Crippen LogP contribution in [0.2, 0.25) is 0 Å². The molecule has 0 amide bonds. The van der Waals surface area contributed by atoms with Gasteiger partial charge in [-0.1, -0.05) is 6.92 Å². The first kappa shape index (κ1) is 14.0. The molecule has 19 heavy (non-hydrogen) atoms. The molecule has 0 saturated carbocycles. The molecule has 2 N–H and O–H groups in total. The van der Waals surface area contributed by atoms with Crippen LogP contribution >= 0.6 is 0 Å². The summed E-state index contributed by atoms with van der Waals surface area (Å²) >= 11 is 0. The summed E-state index contributed by atoms with van der Waals surface area (Å²) in [5.41, 5.74) is -0.448. The Morgan fingerprint density at radius 1 is 1.37 bits per heavy atom. The van der Waals surface area contributed by atoms with Gasteiger partial charge in [-0.3, -0.25) is 4.98 Å². The van der Waals surface area contributed by atoms with E-state index in [1.807, 2.05) is 6.92 Å². The van der Waals surface area contributed by atoms with Gasteiger partial charge in [-0.25, -0.2) is 13.4 Å². The predicted molar refractivity (Wildman–Crippen MR) is 76.1 cm³/mol. The molecule has 0 aromatic carbocycles. The van der Waals surface area contributed by atoms with Crippen LogP contribution < -0.4 is 10.6 Å². The van der Waals surface area contributed by atoms with Crippen LogP contribution in [0.1, 0.15) is 26.7 Å². The molecular weight excluding hydrogens is 264 g/mol. The first-order valence-corrected chi connectivity index (χ1v) is 8.29. The van der Waals surface area contributed by atoms with E-state index in [1.165, 1.54) is 0 Å². The van der Waals surface area contributed by atoms with Crippen molar-refractivity contribution in [2.75, 3.05) is 28.7 Å². The number of aromatic nitrogens is 2. The summed E-state index contributed by atoms with van der Waals surface area (Å²) in [6.07, 6.45) is 4.89. The average Bonchev–Trinajstić information content (AvgIpc) is 2.61. The Hall–Kier alpha value is -1.37. The number of nitrogens with one attached hydrogen (secondary N) is 2. The van der Waals surface area contributed by atoms with Crippen LogP contribution in [0.15, 0.2) is 12.4 Å². The molecule has 1 aliphatic heterocycles. The maximum absolute atomic E-state index is 11.6. The predicted octanol–water partition coefficient (Wildman–Crippen LogP) is 1.29. The normalized spacial score (nSPS) is 25.2. The van der Waals surface area contributed by atoms with E-state index in [2.05, 4.69) is 27.5 Å². The fourth-order valence-corrected chi connectivity index (χ4v) is 4.28. The number of rotatable bonds is 5. The zero-order chi connectivity index (χ0) is 13.9. The van der Waals surface area contributed by atoms with Gasteiger partial charge in [0, 0.05) is 6.54 Å². The largest absolute Gasteiger partial charge is 0.369 e. The van der Waals surface area contributed by atoms with Crippen molar-refractivity contribution in [2.45, 2.75) is 32.2 Å². The van der Waals surface area contributed by atoms with E-state index in [-0.39, 0.29) is 11.5 Å². The molecule has 2 rings (SSSR count). The molecule has 0 bridgehead atoms. The van der Waals surface area contributed by atoms with Crippen molar-refractivity contribution in [2.24, 2.45) is 0 Å². The maximum Gasteiger partial charge on any atom is 0.152 e. The van der Waals surface area contributed by atoms with E-state index in [9.17, 15) is 8.42 Å². The smallest absolute Gasteiger partial charge is 0.152 e. The highest BCUT2D eigenvalue weighted by Crippen LogP contribution is 2.26. The summed E-state index contributed by atoms with van der Waals surface area (Å²) in [6, 6.07) is 0. The molecule has 1 unspecified atom stereocenters.